The fourth-order valence-electron chi connectivity index (χ4n) is 6.80. The third-order valence-electron chi connectivity index (χ3n) is 9.04. The fraction of sp³-hybridized carbons (Fsp3) is 0.667. The molecule has 0 radical (unpaired) electrons. The van der Waals surface area contributed by atoms with E-state index in [1.807, 2.05) is 6.07 Å². The molecule has 1 unspecified atom stereocenters. The van der Waals surface area contributed by atoms with Crippen LogP contribution >= 0.6 is 0 Å². The third-order valence-corrected chi connectivity index (χ3v) is 9.04. The number of anilines is 1. The molecule has 6 rings (SSSR count). The Morgan fingerprint density at radius 2 is 1.69 bits per heavy atom. The van der Waals surface area contributed by atoms with Crippen molar-refractivity contribution in [2.75, 3.05) is 50.7 Å². The Hall–Kier alpha value is -2.29. The Morgan fingerprint density at radius 3 is 2.37 bits per heavy atom. The summed E-state index contributed by atoms with van der Waals surface area (Å²) in [4.78, 5) is 44.8. The smallest absolute Gasteiger partial charge is 0.249 e. The predicted molar refractivity (Wildman–Crippen MR) is 133 cm³/mol. The summed E-state index contributed by atoms with van der Waals surface area (Å²) in [6.45, 7) is 8.86. The highest BCUT2D eigenvalue weighted by Gasteiger charge is 2.57. The zero-order valence-electron chi connectivity index (χ0n) is 20.6. The van der Waals surface area contributed by atoms with Gasteiger partial charge >= 0.3 is 0 Å². The quantitative estimate of drug-likeness (QED) is 0.621. The van der Waals surface area contributed by atoms with Gasteiger partial charge in [0.1, 0.15) is 6.04 Å². The second-order valence-corrected chi connectivity index (χ2v) is 11.2. The van der Waals surface area contributed by atoms with Gasteiger partial charge in [-0.1, -0.05) is 18.6 Å². The van der Waals surface area contributed by atoms with E-state index in [9.17, 15) is 14.4 Å². The molecule has 188 valence electrons. The lowest BCUT2D eigenvalue weighted by Gasteiger charge is -2.38. The standard InChI is InChI=1S/C27H37N5O3/c33-24-5-4-23(25(34)29-24)32-22-3-2-20(16-21(22)27(26(32)35)8-1-9-27)18-31-14-12-30(13-15-31)17-19-6-10-28-11-7-19/h2-3,16,19,23,28H,1,4-15,17-18H2,(H,29,33,34). The number of benzene rings is 1. The first-order chi connectivity index (χ1) is 17.0. The van der Waals surface area contributed by atoms with Gasteiger partial charge in [-0.05, 0) is 68.3 Å². The molecule has 8 heteroatoms. The molecular formula is C27H37N5O3. The van der Waals surface area contributed by atoms with Crippen LogP contribution in [0, 0.1) is 5.92 Å². The van der Waals surface area contributed by atoms with Gasteiger partial charge in [0.05, 0.1) is 5.41 Å². The van der Waals surface area contributed by atoms with E-state index in [0.717, 1.165) is 82.2 Å². The number of piperidine rings is 2. The summed E-state index contributed by atoms with van der Waals surface area (Å²) in [7, 11) is 0. The molecule has 4 aliphatic heterocycles. The minimum absolute atomic E-state index is 0.0527. The molecule has 1 aromatic rings. The average molecular weight is 480 g/mol. The van der Waals surface area contributed by atoms with Gasteiger partial charge in [0, 0.05) is 51.4 Å². The Balaban J connectivity index is 1.14. The fourth-order valence-corrected chi connectivity index (χ4v) is 6.80. The van der Waals surface area contributed by atoms with Gasteiger partial charge in [-0.3, -0.25) is 29.5 Å². The van der Waals surface area contributed by atoms with Gasteiger partial charge in [-0.15, -0.1) is 0 Å². The molecular weight excluding hydrogens is 442 g/mol. The van der Waals surface area contributed by atoms with Gasteiger partial charge in [0.25, 0.3) is 0 Å². The molecule has 5 aliphatic rings. The Kier molecular flexibility index (Phi) is 6.15. The number of hydrogen-bond acceptors (Lipinski definition) is 6. The first-order valence-electron chi connectivity index (χ1n) is 13.5. The highest BCUT2D eigenvalue weighted by molar-refractivity contribution is 6.14. The van der Waals surface area contributed by atoms with E-state index in [1.165, 1.54) is 24.9 Å². The van der Waals surface area contributed by atoms with Gasteiger partial charge in [0.15, 0.2) is 0 Å². The maximum absolute atomic E-state index is 13.6. The zero-order chi connectivity index (χ0) is 24.0. The van der Waals surface area contributed by atoms with Crippen LogP contribution < -0.4 is 15.5 Å². The normalized spacial score (nSPS) is 27.7. The van der Waals surface area contributed by atoms with Crippen molar-refractivity contribution in [3.8, 4) is 0 Å². The van der Waals surface area contributed by atoms with Crippen LogP contribution in [0.4, 0.5) is 5.69 Å². The van der Waals surface area contributed by atoms with Gasteiger partial charge in [-0.2, -0.15) is 0 Å². The van der Waals surface area contributed by atoms with Gasteiger partial charge < -0.3 is 10.2 Å². The van der Waals surface area contributed by atoms with Gasteiger partial charge in [-0.25, -0.2) is 0 Å². The molecule has 3 saturated heterocycles. The molecule has 1 aromatic carbocycles. The summed E-state index contributed by atoms with van der Waals surface area (Å²) >= 11 is 0. The molecule has 4 fully saturated rings. The van der Waals surface area contributed by atoms with E-state index in [0.29, 0.717) is 6.42 Å². The maximum atomic E-state index is 13.6. The largest absolute Gasteiger partial charge is 0.317 e. The molecule has 3 amide bonds. The van der Waals surface area contributed by atoms with E-state index >= 15 is 0 Å². The molecule has 2 N–H and O–H groups in total. The zero-order valence-corrected chi connectivity index (χ0v) is 20.6. The monoisotopic (exact) mass is 479 g/mol. The second-order valence-electron chi connectivity index (χ2n) is 11.2. The molecule has 4 heterocycles. The molecule has 35 heavy (non-hydrogen) atoms. The number of carbonyl (C=O) groups excluding carboxylic acids is 3. The summed E-state index contributed by atoms with van der Waals surface area (Å²) in [5.74, 6) is 0.297. The van der Waals surface area contributed by atoms with Crippen molar-refractivity contribution < 1.29 is 14.4 Å². The summed E-state index contributed by atoms with van der Waals surface area (Å²) in [5.41, 5.74) is 2.75. The molecule has 0 aromatic heterocycles. The van der Waals surface area contributed by atoms with Crippen molar-refractivity contribution in [1.82, 2.24) is 20.4 Å². The van der Waals surface area contributed by atoms with Crippen LogP contribution in [-0.4, -0.2) is 79.4 Å². The van der Waals surface area contributed by atoms with E-state index in [-0.39, 0.29) is 24.1 Å². The lowest BCUT2D eigenvalue weighted by molar-refractivity contribution is -0.136. The predicted octanol–water partition coefficient (Wildman–Crippen LogP) is 1.38. The highest BCUT2D eigenvalue weighted by Crippen LogP contribution is 2.54. The van der Waals surface area contributed by atoms with Crippen LogP contribution in [0.5, 0.6) is 0 Å². The molecule has 8 nitrogen and oxygen atoms in total. The van der Waals surface area contributed by atoms with E-state index in [1.54, 1.807) is 4.90 Å². The first-order valence-corrected chi connectivity index (χ1v) is 13.5. The van der Waals surface area contributed by atoms with Crippen molar-refractivity contribution in [2.45, 2.75) is 62.9 Å². The lowest BCUT2D eigenvalue weighted by atomic mass is 9.65. The van der Waals surface area contributed by atoms with Crippen molar-refractivity contribution in [3.05, 3.63) is 29.3 Å². The Bertz CT molecular complexity index is 1010. The average Bonchev–Trinajstić information content (AvgIpc) is 3.09. The molecule has 1 spiro atoms. The molecule has 1 aliphatic carbocycles. The number of amides is 3. The molecule has 0 bridgehead atoms. The number of nitrogens with zero attached hydrogens (tertiary/aromatic N) is 3. The number of imide groups is 1. The number of carbonyl (C=O) groups is 3. The Labute approximate surface area is 207 Å². The maximum Gasteiger partial charge on any atom is 0.249 e. The van der Waals surface area contributed by atoms with E-state index < -0.39 is 11.5 Å². The van der Waals surface area contributed by atoms with E-state index in [4.69, 9.17) is 0 Å². The number of fused-ring (bicyclic) bond motifs is 2. The van der Waals surface area contributed by atoms with Crippen molar-refractivity contribution in [3.63, 3.8) is 0 Å². The highest BCUT2D eigenvalue weighted by atomic mass is 16.2. The van der Waals surface area contributed by atoms with Crippen LogP contribution in [0.2, 0.25) is 0 Å². The molecule has 1 atom stereocenters. The summed E-state index contributed by atoms with van der Waals surface area (Å²) in [6, 6.07) is 5.83. The van der Waals surface area contributed by atoms with Crippen molar-refractivity contribution in [1.29, 1.82) is 0 Å². The van der Waals surface area contributed by atoms with Crippen LogP contribution in [0.1, 0.15) is 56.1 Å². The second kappa shape index (κ2) is 9.30. The SMILES string of the molecule is O=C1CCC(N2C(=O)C3(CCC3)c3cc(CN4CCN(CC5CCNCC5)CC4)ccc32)C(=O)N1. The van der Waals surface area contributed by atoms with Crippen molar-refractivity contribution >= 4 is 23.4 Å². The van der Waals surface area contributed by atoms with Crippen LogP contribution in [-0.2, 0) is 26.3 Å². The topological polar surface area (TPSA) is 85.0 Å². The minimum Gasteiger partial charge on any atom is -0.317 e. The summed E-state index contributed by atoms with van der Waals surface area (Å²) < 4.78 is 0. The van der Waals surface area contributed by atoms with Gasteiger partial charge in [0.2, 0.25) is 17.7 Å². The first kappa shape index (κ1) is 23.1. The van der Waals surface area contributed by atoms with Crippen LogP contribution in [0.3, 0.4) is 0 Å². The van der Waals surface area contributed by atoms with E-state index in [2.05, 4.69) is 32.6 Å². The summed E-state index contributed by atoms with van der Waals surface area (Å²) in [5, 5.41) is 5.89. The number of hydrogen-bond donors (Lipinski definition) is 2. The lowest BCUT2D eigenvalue weighted by Crippen LogP contribution is -2.56. The third kappa shape index (κ3) is 4.19. The summed E-state index contributed by atoms with van der Waals surface area (Å²) in [6.07, 6.45) is 6.01. The van der Waals surface area contributed by atoms with Crippen LogP contribution in [0.15, 0.2) is 18.2 Å². The van der Waals surface area contributed by atoms with Crippen molar-refractivity contribution in [2.24, 2.45) is 5.92 Å². The Morgan fingerprint density at radius 1 is 0.943 bits per heavy atom. The molecule has 1 saturated carbocycles. The minimum atomic E-state index is -0.585. The number of piperazine rings is 1. The number of rotatable bonds is 5. The number of nitrogens with one attached hydrogen (secondary N) is 2. The van der Waals surface area contributed by atoms with Crippen LogP contribution in [0.25, 0.3) is 0 Å².